The van der Waals surface area contributed by atoms with Crippen LogP contribution in [0.15, 0.2) is 0 Å². The first-order chi connectivity index (χ1) is 6.75. The van der Waals surface area contributed by atoms with Crippen LogP contribution in [0, 0.1) is 11.3 Å². The SMILES string of the molecule is N#CCCCC1CNCCN1C(=S)S.[H-].[Na+]. The molecule has 0 saturated carbocycles. The Hall–Kier alpha value is 0.690. The Bertz CT molecular complexity index is 247. The molecule has 1 aliphatic rings. The zero-order valence-corrected chi connectivity index (χ0v) is 12.8. The van der Waals surface area contributed by atoms with Crippen molar-refractivity contribution < 1.29 is 31.0 Å². The number of unbranched alkanes of at least 4 members (excludes halogenated alkanes) is 1. The molecule has 0 spiro atoms. The second-order valence-electron chi connectivity index (χ2n) is 3.38. The van der Waals surface area contributed by atoms with Gasteiger partial charge in [-0.25, -0.2) is 0 Å². The summed E-state index contributed by atoms with van der Waals surface area (Å²) in [7, 11) is 0. The number of nitrogens with one attached hydrogen (secondary N) is 1. The Morgan fingerprint density at radius 2 is 2.47 bits per heavy atom. The minimum absolute atomic E-state index is 0. The second kappa shape index (κ2) is 8.80. The van der Waals surface area contributed by atoms with E-state index >= 15 is 0 Å². The molecule has 6 heteroatoms. The zero-order valence-electron chi connectivity index (χ0n) is 10.1. The van der Waals surface area contributed by atoms with E-state index in [1.807, 2.05) is 0 Å². The van der Waals surface area contributed by atoms with Gasteiger partial charge < -0.3 is 11.6 Å². The third-order valence-corrected chi connectivity index (χ3v) is 2.91. The molecule has 0 aliphatic carbocycles. The minimum atomic E-state index is 0. The van der Waals surface area contributed by atoms with Crippen molar-refractivity contribution >= 4 is 29.2 Å². The number of hydrogen-bond acceptors (Lipinski definition) is 3. The van der Waals surface area contributed by atoms with Crippen LogP contribution in [0.3, 0.4) is 0 Å². The van der Waals surface area contributed by atoms with Gasteiger partial charge in [0.25, 0.3) is 0 Å². The molecular formula is C9H16N3NaS2. The fraction of sp³-hybridized carbons (Fsp3) is 0.778. The van der Waals surface area contributed by atoms with Crippen LogP contribution in [0.5, 0.6) is 0 Å². The van der Waals surface area contributed by atoms with Crippen LogP contribution in [0.4, 0.5) is 0 Å². The van der Waals surface area contributed by atoms with E-state index < -0.39 is 0 Å². The van der Waals surface area contributed by atoms with Crippen molar-refractivity contribution in [2.75, 3.05) is 19.6 Å². The number of thiocarbonyl (C=S) groups is 1. The Morgan fingerprint density at radius 3 is 3.07 bits per heavy atom. The molecule has 1 atom stereocenters. The average molecular weight is 253 g/mol. The number of hydrogen-bond donors (Lipinski definition) is 2. The molecule has 0 bridgehead atoms. The molecular weight excluding hydrogens is 237 g/mol. The monoisotopic (exact) mass is 253 g/mol. The average Bonchev–Trinajstić information content (AvgIpc) is 2.19. The van der Waals surface area contributed by atoms with Gasteiger partial charge in [0.05, 0.1) is 6.07 Å². The Morgan fingerprint density at radius 1 is 1.73 bits per heavy atom. The fourth-order valence-corrected chi connectivity index (χ4v) is 2.19. The van der Waals surface area contributed by atoms with Crippen molar-refractivity contribution in [3.8, 4) is 6.07 Å². The fourth-order valence-electron chi connectivity index (χ4n) is 1.69. The van der Waals surface area contributed by atoms with Crippen molar-refractivity contribution in [1.82, 2.24) is 10.2 Å². The van der Waals surface area contributed by atoms with Gasteiger partial charge in [-0.05, 0) is 12.8 Å². The summed E-state index contributed by atoms with van der Waals surface area (Å²) in [6, 6.07) is 2.58. The largest absolute Gasteiger partial charge is 1.00 e. The van der Waals surface area contributed by atoms with Crippen molar-refractivity contribution in [3.05, 3.63) is 0 Å². The van der Waals surface area contributed by atoms with Crippen LogP contribution < -0.4 is 34.9 Å². The molecule has 0 aromatic rings. The normalized spacial score (nSPS) is 20.3. The number of nitriles is 1. The first kappa shape index (κ1) is 15.7. The van der Waals surface area contributed by atoms with E-state index in [0.29, 0.717) is 16.8 Å². The summed E-state index contributed by atoms with van der Waals surface area (Å²) in [6.45, 7) is 2.85. The van der Waals surface area contributed by atoms with Gasteiger partial charge in [-0.2, -0.15) is 5.26 Å². The molecule has 0 aromatic carbocycles. The van der Waals surface area contributed by atoms with Gasteiger partial charge in [0.1, 0.15) is 4.32 Å². The summed E-state index contributed by atoms with van der Waals surface area (Å²) >= 11 is 9.28. The van der Waals surface area contributed by atoms with Crippen molar-refractivity contribution in [1.29, 1.82) is 5.26 Å². The van der Waals surface area contributed by atoms with Gasteiger partial charge in [0, 0.05) is 32.1 Å². The molecule has 1 unspecified atom stereocenters. The molecule has 1 rings (SSSR count). The minimum Gasteiger partial charge on any atom is -1.00 e. The van der Waals surface area contributed by atoms with E-state index in [-0.39, 0.29) is 31.0 Å². The maximum absolute atomic E-state index is 8.45. The predicted molar refractivity (Wildman–Crippen MR) is 65.5 cm³/mol. The molecule has 0 amide bonds. The predicted octanol–water partition coefficient (Wildman–Crippen LogP) is -1.71. The van der Waals surface area contributed by atoms with Crippen molar-refractivity contribution in [2.24, 2.45) is 0 Å². The Kier molecular flexibility index (Phi) is 9.20. The molecule has 0 aromatic heterocycles. The molecule has 80 valence electrons. The molecule has 1 heterocycles. The van der Waals surface area contributed by atoms with Crippen LogP contribution in [-0.4, -0.2) is 34.9 Å². The van der Waals surface area contributed by atoms with Gasteiger partial charge >= 0.3 is 29.6 Å². The Labute approximate surface area is 126 Å². The summed E-state index contributed by atoms with van der Waals surface area (Å²) in [6.07, 6.45) is 2.58. The molecule has 0 radical (unpaired) electrons. The maximum atomic E-state index is 8.45. The zero-order chi connectivity index (χ0) is 10.4. The summed E-state index contributed by atoms with van der Waals surface area (Å²) in [4.78, 5) is 2.15. The number of rotatable bonds is 3. The summed E-state index contributed by atoms with van der Waals surface area (Å²) in [5, 5.41) is 11.8. The maximum Gasteiger partial charge on any atom is 1.00 e. The van der Waals surface area contributed by atoms with E-state index in [1.165, 1.54) is 0 Å². The standard InChI is InChI=1S/C9H15N3S2.Na.H/c10-4-2-1-3-8-7-11-5-6-12(8)9(13)14;;/h8,11H,1-3,5-7H2,(H,13,14);;/q;+1;-1. The Balaban J connectivity index is 0. The third kappa shape index (κ3) is 5.53. The van der Waals surface area contributed by atoms with E-state index in [2.05, 4.69) is 28.9 Å². The van der Waals surface area contributed by atoms with Crippen LogP contribution >= 0.6 is 24.8 Å². The molecule has 1 fully saturated rings. The second-order valence-corrected chi connectivity index (χ2v) is 4.50. The van der Waals surface area contributed by atoms with Gasteiger partial charge in [-0.3, -0.25) is 0 Å². The molecule has 1 saturated heterocycles. The van der Waals surface area contributed by atoms with Gasteiger partial charge in [-0.15, -0.1) is 12.6 Å². The van der Waals surface area contributed by atoms with Crippen LogP contribution in [0.25, 0.3) is 0 Å². The van der Waals surface area contributed by atoms with Crippen molar-refractivity contribution in [3.63, 3.8) is 0 Å². The van der Waals surface area contributed by atoms with Gasteiger partial charge in [0.15, 0.2) is 0 Å². The van der Waals surface area contributed by atoms with Crippen LogP contribution in [0.1, 0.15) is 20.7 Å². The van der Waals surface area contributed by atoms with Crippen LogP contribution in [-0.2, 0) is 0 Å². The molecule has 1 N–H and O–H groups in total. The summed E-state index contributed by atoms with van der Waals surface area (Å²) < 4.78 is 0.674. The summed E-state index contributed by atoms with van der Waals surface area (Å²) in [5.74, 6) is 0. The van der Waals surface area contributed by atoms with Gasteiger partial charge in [0.2, 0.25) is 0 Å². The van der Waals surface area contributed by atoms with E-state index in [9.17, 15) is 0 Å². The molecule has 3 nitrogen and oxygen atoms in total. The quantitative estimate of drug-likeness (QED) is 0.272. The first-order valence-corrected chi connectivity index (χ1v) is 5.68. The third-order valence-electron chi connectivity index (χ3n) is 2.42. The number of nitrogens with zero attached hydrogens (tertiary/aromatic N) is 2. The van der Waals surface area contributed by atoms with Crippen molar-refractivity contribution in [2.45, 2.75) is 25.3 Å². The number of piperazine rings is 1. The van der Waals surface area contributed by atoms with Crippen LogP contribution in [0.2, 0.25) is 0 Å². The summed E-state index contributed by atoms with van der Waals surface area (Å²) in [5.41, 5.74) is 0. The number of thiol groups is 1. The van der Waals surface area contributed by atoms with E-state index in [0.717, 1.165) is 32.5 Å². The van der Waals surface area contributed by atoms with E-state index in [4.69, 9.17) is 17.5 Å². The molecule has 1 aliphatic heterocycles. The van der Waals surface area contributed by atoms with E-state index in [1.54, 1.807) is 0 Å². The first-order valence-electron chi connectivity index (χ1n) is 4.83. The smallest absolute Gasteiger partial charge is 1.00 e. The van der Waals surface area contributed by atoms with Gasteiger partial charge in [-0.1, -0.05) is 12.2 Å². The molecule has 15 heavy (non-hydrogen) atoms. The topological polar surface area (TPSA) is 39.1 Å².